The number of aryl methyl sites for hydroxylation is 1. The lowest BCUT2D eigenvalue weighted by Crippen LogP contribution is -2.38. The van der Waals surface area contributed by atoms with Gasteiger partial charge >= 0.3 is 6.03 Å². The molecule has 4 N–H and O–H groups in total. The zero-order valence-electron chi connectivity index (χ0n) is 8.00. The molecular formula is C8H12N4O2. The number of hydrogen-bond acceptors (Lipinski definition) is 3. The van der Waals surface area contributed by atoms with Gasteiger partial charge in [0, 0.05) is 13.1 Å². The number of amides is 2. The summed E-state index contributed by atoms with van der Waals surface area (Å²) in [6.07, 6.45) is 0. The van der Waals surface area contributed by atoms with Crippen LogP contribution in [0.2, 0.25) is 0 Å². The minimum atomic E-state index is -0.498. The van der Waals surface area contributed by atoms with E-state index in [0.29, 0.717) is 0 Å². The summed E-state index contributed by atoms with van der Waals surface area (Å²) >= 11 is 0. The van der Waals surface area contributed by atoms with Gasteiger partial charge in [-0.25, -0.2) is 14.9 Å². The SMILES string of the molecule is CNC(=O)Nn1c(N)cc(C)cc1=O. The summed E-state index contributed by atoms with van der Waals surface area (Å²) in [5.41, 5.74) is 8.21. The van der Waals surface area contributed by atoms with Gasteiger partial charge in [0.2, 0.25) is 0 Å². The molecule has 1 aromatic rings. The van der Waals surface area contributed by atoms with Crippen LogP contribution in [-0.2, 0) is 0 Å². The third kappa shape index (κ3) is 2.03. The maximum absolute atomic E-state index is 11.4. The summed E-state index contributed by atoms with van der Waals surface area (Å²) in [5.74, 6) is 0.193. The molecule has 0 aliphatic rings. The molecule has 0 aromatic carbocycles. The minimum absolute atomic E-state index is 0.193. The molecular weight excluding hydrogens is 184 g/mol. The van der Waals surface area contributed by atoms with Crippen molar-refractivity contribution in [3.63, 3.8) is 0 Å². The first-order valence-corrected chi connectivity index (χ1v) is 4.02. The number of nitrogens with one attached hydrogen (secondary N) is 2. The normalized spacial score (nSPS) is 9.57. The third-order valence-corrected chi connectivity index (χ3v) is 1.65. The van der Waals surface area contributed by atoms with Crippen LogP contribution in [-0.4, -0.2) is 17.8 Å². The number of carbonyl (C=O) groups excluding carboxylic acids is 1. The van der Waals surface area contributed by atoms with Gasteiger partial charge in [0.1, 0.15) is 5.82 Å². The molecule has 6 nitrogen and oxygen atoms in total. The Morgan fingerprint density at radius 1 is 1.50 bits per heavy atom. The number of pyridine rings is 1. The lowest BCUT2D eigenvalue weighted by atomic mass is 10.3. The Labute approximate surface area is 80.7 Å². The molecule has 0 bridgehead atoms. The van der Waals surface area contributed by atoms with E-state index in [-0.39, 0.29) is 11.4 Å². The first-order valence-electron chi connectivity index (χ1n) is 4.02. The fraction of sp³-hybridized carbons (Fsp3) is 0.250. The van der Waals surface area contributed by atoms with E-state index >= 15 is 0 Å². The van der Waals surface area contributed by atoms with Gasteiger partial charge in [0.15, 0.2) is 0 Å². The number of hydrogen-bond donors (Lipinski definition) is 3. The van der Waals surface area contributed by atoms with Crippen LogP contribution < -0.4 is 22.0 Å². The molecule has 0 spiro atoms. The number of rotatable bonds is 1. The van der Waals surface area contributed by atoms with Crippen LogP contribution in [0.4, 0.5) is 10.6 Å². The number of anilines is 1. The van der Waals surface area contributed by atoms with E-state index in [2.05, 4.69) is 10.7 Å². The van der Waals surface area contributed by atoms with Gasteiger partial charge in [0.25, 0.3) is 5.56 Å². The van der Waals surface area contributed by atoms with Gasteiger partial charge in [-0.3, -0.25) is 4.79 Å². The maximum atomic E-state index is 11.4. The van der Waals surface area contributed by atoms with E-state index < -0.39 is 6.03 Å². The molecule has 0 unspecified atom stereocenters. The molecule has 76 valence electrons. The van der Waals surface area contributed by atoms with Gasteiger partial charge in [-0.05, 0) is 18.6 Å². The number of aromatic nitrogens is 1. The molecule has 0 radical (unpaired) electrons. The van der Waals surface area contributed by atoms with Crippen molar-refractivity contribution in [3.8, 4) is 0 Å². The largest absolute Gasteiger partial charge is 0.384 e. The van der Waals surface area contributed by atoms with Gasteiger partial charge in [-0.1, -0.05) is 0 Å². The number of nitrogen functional groups attached to an aromatic ring is 1. The lowest BCUT2D eigenvalue weighted by molar-refractivity contribution is 0.251. The van der Waals surface area contributed by atoms with E-state index in [9.17, 15) is 9.59 Å². The molecule has 1 aromatic heterocycles. The monoisotopic (exact) mass is 196 g/mol. The first kappa shape index (κ1) is 10.1. The van der Waals surface area contributed by atoms with Crippen LogP contribution in [0, 0.1) is 6.92 Å². The van der Waals surface area contributed by atoms with Crippen molar-refractivity contribution in [3.05, 3.63) is 28.0 Å². The van der Waals surface area contributed by atoms with Crippen LogP contribution >= 0.6 is 0 Å². The van der Waals surface area contributed by atoms with E-state index in [1.165, 1.54) is 13.1 Å². The van der Waals surface area contributed by atoms with Gasteiger partial charge in [-0.15, -0.1) is 0 Å². The molecule has 0 saturated carbocycles. The number of carbonyl (C=O) groups is 1. The highest BCUT2D eigenvalue weighted by Gasteiger charge is 2.04. The Hall–Kier alpha value is -1.98. The molecule has 0 aliphatic carbocycles. The summed E-state index contributed by atoms with van der Waals surface area (Å²) in [7, 11) is 1.45. The van der Waals surface area contributed by atoms with Crippen LogP contribution in [0.3, 0.4) is 0 Å². The van der Waals surface area contributed by atoms with Crippen LogP contribution in [0.15, 0.2) is 16.9 Å². The van der Waals surface area contributed by atoms with Crippen molar-refractivity contribution in [1.29, 1.82) is 0 Å². The van der Waals surface area contributed by atoms with E-state index in [0.717, 1.165) is 10.2 Å². The summed E-state index contributed by atoms with van der Waals surface area (Å²) < 4.78 is 0.978. The number of urea groups is 1. The van der Waals surface area contributed by atoms with Crippen molar-refractivity contribution >= 4 is 11.8 Å². The van der Waals surface area contributed by atoms with Crippen LogP contribution in [0.1, 0.15) is 5.56 Å². The summed E-state index contributed by atoms with van der Waals surface area (Å²) in [5, 5.41) is 2.32. The molecule has 1 heterocycles. The second-order valence-corrected chi connectivity index (χ2v) is 2.82. The fourth-order valence-corrected chi connectivity index (χ4v) is 1.00. The standard InChI is InChI=1S/C8H12N4O2/c1-5-3-6(9)12(7(13)4-5)11-8(14)10-2/h3-4H,9H2,1-2H3,(H2,10,11,14). The number of nitrogens with two attached hydrogens (primary N) is 1. The molecule has 1 rings (SSSR count). The van der Waals surface area contributed by atoms with E-state index in [1.54, 1.807) is 13.0 Å². The first-order chi connectivity index (χ1) is 6.54. The average molecular weight is 196 g/mol. The van der Waals surface area contributed by atoms with Crippen molar-refractivity contribution in [2.24, 2.45) is 0 Å². The molecule has 0 aliphatic heterocycles. The topological polar surface area (TPSA) is 89.2 Å². The maximum Gasteiger partial charge on any atom is 0.333 e. The second kappa shape index (κ2) is 3.82. The Kier molecular flexibility index (Phi) is 2.76. The molecule has 14 heavy (non-hydrogen) atoms. The average Bonchev–Trinajstić information content (AvgIpc) is 2.10. The summed E-state index contributed by atoms with van der Waals surface area (Å²) in [6.45, 7) is 1.75. The minimum Gasteiger partial charge on any atom is -0.384 e. The zero-order valence-corrected chi connectivity index (χ0v) is 8.00. The molecule has 0 saturated heterocycles. The molecule has 6 heteroatoms. The number of nitrogens with zero attached hydrogens (tertiary/aromatic N) is 1. The van der Waals surface area contributed by atoms with Crippen LogP contribution in [0.25, 0.3) is 0 Å². The van der Waals surface area contributed by atoms with Gasteiger partial charge in [-0.2, -0.15) is 0 Å². The van der Waals surface area contributed by atoms with E-state index in [4.69, 9.17) is 5.73 Å². The summed E-state index contributed by atoms with van der Waals surface area (Å²) in [6, 6.07) is 2.48. The molecule has 0 fully saturated rings. The smallest absolute Gasteiger partial charge is 0.333 e. The van der Waals surface area contributed by atoms with Crippen molar-refractivity contribution in [2.75, 3.05) is 18.2 Å². The highest BCUT2D eigenvalue weighted by molar-refractivity contribution is 5.81. The molecule has 0 atom stereocenters. The van der Waals surface area contributed by atoms with Crippen molar-refractivity contribution in [1.82, 2.24) is 9.99 Å². The second-order valence-electron chi connectivity index (χ2n) is 2.82. The third-order valence-electron chi connectivity index (χ3n) is 1.65. The Morgan fingerprint density at radius 3 is 2.64 bits per heavy atom. The highest BCUT2D eigenvalue weighted by atomic mass is 16.2. The predicted molar refractivity (Wildman–Crippen MR) is 53.7 cm³/mol. The van der Waals surface area contributed by atoms with E-state index in [1.807, 2.05) is 0 Å². The van der Waals surface area contributed by atoms with Crippen LogP contribution in [0.5, 0.6) is 0 Å². The Bertz CT molecular complexity index is 410. The predicted octanol–water partition coefficient (Wildman–Crippen LogP) is -0.378. The lowest BCUT2D eigenvalue weighted by Gasteiger charge is -2.10. The Balaban J connectivity index is 3.09. The van der Waals surface area contributed by atoms with Gasteiger partial charge < -0.3 is 11.1 Å². The summed E-state index contributed by atoms with van der Waals surface area (Å²) in [4.78, 5) is 22.3. The molecule has 2 amide bonds. The van der Waals surface area contributed by atoms with Crippen molar-refractivity contribution in [2.45, 2.75) is 6.92 Å². The quantitative estimate of drug-likeness (QED) is 0.572. The highest BCUT2D eigenvalue weighted by Crippen LogP contribution is 1.99. The fourth-order valence-electron chi connectivity index (χ4n) is 1.00. The Morgan fingerprint density at radius 2 is 2.14 bits per heavy atom. The van der Waals surface area contributed by atoms with Crippen molar-refractivity contribution < 1.29 is 4.79 Å². The van der Waals surface area contributed by atoms with Gasteiger partial charge in [0.05, 0.1) is 0 Å². The zero-order chi connectivity index (χ0) is 10.7.